The van der Waals surface area contributed by atoms with Crippen molar-refractivity contribution < 1.29 is 9.50 Å². The van der Waals surface area contributed by atoms with Crippen molar-refractivity contribution in [2.24, 2.45) is 0 Å². The lowest BCUT2D eigenvalue weighted by Crippen LogP contribution is -2.52. The van der Waals surface area contributed by atoms with Gasteiger partial charge in [0.15, 0.2) is 0 Å². The Bertz CT molecular complexity index is 430. The average molecular weight is 346 g/mol. The Morgan fingerprint density at radius 3 is 2.20 bits per heavy atom. The fraction of sp³-hybridized carbons (Fsp3) is 0.625. The van der Waals surface area contributed by atoms with E-state index >= 15 is 0 Å². The second-order valence-electron chi connectivity index (χ2n) is 5.05. The third-order valence-corrected chi connectivity index (χ3v) is 4.87. The van der Waals surface area contributed by atoms with Gasteiger partial charge in [-0.1, -0.05) is 43.6 Å². The van der Waals surface area contributed by atoms with Crippen LogP contribution in [0.4, 0.5) is 4.39 Å². The van der Waals surface area contributed by atoms with E-state index in [4.69, 9.17) is 0 Å². The Morgan fingerprint density at radius 1 is 1.20 bits per heavy atom. The van der Waals surface area contributed by atoms with Gasteiger partial charge in [0, 0.05) is 10.0 Å². The van der Waals surface area contributed by atoms with Crippen LogP contribution in [0.2, 0.25) is 0 Å². The monoisotopic (exact) mass is 345 g/mol. The maximum absolute atomic E-state index is 14.1. The van der Waals surface area contributed by atoms with Crippen LogP contribution in [-0.4, -0.2) is 28.6 Å². The summed E-state index contributed by atoms with van der Waals surface area (Å²) in [5.74, 6) is -0.348. The van der Waals surface area contributed by atoms with Gasteiger partial charge in [-0.15, -0.1) is 0 Å². The lowest BCUT2D eigenvalue weighted by molar-refractivity contribution is -0.0382. The van der Waals surface area contributed by atoms with Crippen molar-refractivity contribution in [2.75, 3.05) is 13.1 Å². The zero-order valence-electron chi connectivity index (χ0n) is 12.8. The number of rotatable bonds is 7. The lowest BCUT2D eigenvalue weighted by atomic mass is 9.81. The molecule has 4 heteroatoms. The molecular formula is C16H25BrFNO. The van der Waals surface area contributed by atoms with Gasteiger partial charge < -0.3 is 5.11 Å². The minimum Gasteiger partial charge on any atom is -0.386 e. The highest BCUT2D eigenvalue weighted by atomic mass is 79.9. The van der Waals surface area contributed by atoms with E-state index in [-0.39, 0.29) is 5.82 Å². The summed E-state index contributed by atoms with van der Waals surface area (Å²) in [5, 5.41) is 10.9. The van der Waals surface area contributed by atoms with Crippen molar-refractivity contribution in [2.45, 2.75) is 52.2 Å². The maximum atomic E-state index is 14.1. The van der Waals surface area contributed by atoms with E-state index in [1.807, 2.05) is 0 Å². The van der Waals surface area contributed by atoms with Crippen molar-refractivity contribution in [1.82, 2.24) is 4.90 Å². The molecule has 0 saturated carbocycles. The molecule has 0 amide bonds. The SMILES string of the molecule is CCN(CC)C(CC)(CC)C(O)c1cc(Br)ccc1F. The number of halogens is 2. The summed E-state index contributed by atoms with van der Waals surface area (Å²) in [6.45, 7) is 9.94. The molecule has 1 aromatic carbocycles. The van der Waals surface area contributed by atoms with Gasteiger partial charge in [0.25, 0.3) is 0 Å². The standard InChI is InChI=1S/C16H25BrFNO/c1-5-16(6-2,19(7-3)8-4)15(20)13-11-12(17)9-10-14(13)18/h9-11,15,20H,5-8H2,1-4H3. The number of hydrogen-bond acceptors (Lipinski definition) is 2. The third kappa shape index (κ3) is 3.23. The molecular weight excluding hydrogens is 321 g/mol. The molecule has 114 valence electrons. The molecule has 1 atom stereocenters. The Balaban J connectivity index is 3.29. The summed E-state index contributed by atoms with van der Waals surface area (Å²) in [6, 6.07) is 4.74. The fourth-order valence-electron chi connectivity index (χ4n) is 3.12. The first kappa shape index (κ1) is 17.6. The molecule has 0 saturated heterocycles. The van der Waals surface area contributed by atoms with E-state index in [9.17, 15) is 9.50 Å². The third-order valence-electron chi connectivity index (χ3n) is 4.38. The second kappa shape index (κ2) is 7.53. The highest BCUT2D eigenvalue weighted by Crippen LogP contribution is 2.38. The van der Waals surface area contributed by atoms with Crippen molar-refractivity contribution >= 4 is 15.9 Å². The Labute approximate surface area is 130 Å². The summed E-state index contributed by atoms with van der Waals surface area (Å²) in [4.78, 5) is 2.23. The molecule has 1 N–H and O–H groups in total. The first-order valence-corrected chi connectivity index (χ1v) is 8.14. The average Bonchev–Trinajstić information content (AvgIpc) is 2.46. The van der Waals surface area contributed by atoms with E-state index in [1.165, 1.54) is 6.07 Å². The lowest BCUT2D eigenvalue weighted by Gasteiger charge is -2.46. The first-order valence-electron chi connectivity index (χ1n) is 7.34. The highest BCUT2D eigenvalue weighted by Gasteiger charge is 2.40. The van der Waals surface area contributed by atoms with E-state index in [2.05, 4.69) is 48.5 Å². The van der Waals surface area contributed by atoms with E-state index in [0.717, 1.165) is 30.4 Å². The topological polar surface area (TPSA) is 23.5 Å². The largest absolute Gasteiger partial charge is 0.386 e. The summed E-state index contributed by atoms with van der Waals surface area (Å²) in [6.07, 6.45) is 0.714. The zero-order chi connectivity index (χ0) is 15.3. The summed E-state index contributed by atoms with van der Waals surface area (Å²) in [7, 11) is 0. The van der Waals surface area contributed by atoms with E-state index in [1.54, 1.807) is 12.1 Å². The fourth-order valence-corrected chi connectivity index (χ4v) is 3.50. The van der Waals surface area contributed by atoms with Gasteiger partial charge in [-0.05, 0) is 44.1 Å². The van der Waals surface area contributed by atoms with Gasteiger partial charge in [-0.3, -0.25) is 4.90 Å². The van der Waals surface area contributed by atoms with Gasteiger partial charge in [0.1, 0.15) is 11.9 Å². The van der Waals surface area contributed by atoms with Crippen LogP contribution in [0.25, 0.3) is 0 Å². The van der Waals surface area contributed by atoms with Crippen LogP contribution in [0.3, 0.4) is 0 Å². The van der Waals surface area contributed by atoms with Gasteiger partial charge in [-0.25, -0.2) is 4.39 Å². The molecule has 0 spiro atoms. The Morgan fingerprint density at radius 2 is 1.75 bits per heavy atom. The van der Waals surface area contributed by atoms with Crippen LogP contribution < -0.4 is 0 Å². The molecule has 0 radical (unpaired) electrons. The van der Waals surface area contributed by atoms with E-state index in [0.29, 0.717) is 5.56 Å². The molecule has 2 nitrogen and oxygen atoms in total. The summed E-state index contributed by atoms with van der Waals surface area (Å²) < 4.78 is 14.9. The van der Waals surface area contributed by atoms with Crippen LogP contribution in [0.15, 0.2) is 22.7 Å². The van der Waals surface area contributed by atoms with Crippen LogP contribution in [0, 0.1) is 5.82 Å². The second-order valence-corrected chi connectivity index (χ2v) is 5.97. The Hall–Kier alpha value is -0.450. The predicted octanol–water partition coefficient (Wildman–Crippen LogP) is 4.52. The molecule has 20 heavy (non-hydrogen) atoms. The molecule has 1 unspecified atom stereocenters. The number of aliphatic hydroxyl groups excluding tert-OH is 1. The minimum atomic E-state index is -0.838. The van der Waals surface area contributed by atoms with Crippen molar-refractivity contribution in [3.8, 4) is 0 Å². The van der Waals surface area contributed by atoms with Gasteiger partial charge in [-0.2, -0.15) is 0 Å². The smallest absolute Gasteiger partial charge is 0.129 e. The number of benzene rings is 1. The van der Waals surface area contributed by atoms with Crippen LogP contribution in [0.5, 0.6) is 0 Å². The zero-order valence-corrected chi connectivity index (χ0v) is 14.4. The number of aliphatic hydroxyl groups is 1. The normalized spacial score (nSPS) is 13.8. The van der Waals surface area contributed by atoms with Crippen LogP contribution in [-0.2, 0) is 0 Å². The minimum absolute atomic E-state index is 0.348. The van der Waals surface area contributed by atoms with Gasteiger partial charge >= 0.3 is 0 Å². The first-order chi connectivity index (χ1) is 9.46. The molecule has 0 bridgehead atoms. The molecule has 0 aliphatic carbocycles. The summed E-state index contributed by atoms with van der Waals surface area (Å²) in [5.41, 5.74) is -0.0551. The van der Waals surface area contributed by atoms with Crippen molar-refractivity contribution in [3.05, 3.63) is 34.1 Å². The molecule has 0 aromatic heterocycles. The maximum Gasteiger partial charge on any atom is 0.129 e. The van der Waals surface area contributed by atoms with Crippen molar-refractivity contribution in [1.29, 1.82) is 0 Å². The highest BCUT2D eigenvalue weighted by molar-refractivity contribution is 9.10. The number of likely N-dealkylation sites (N-methyl/N-ethyl adjacent to an activating group) is 1. The van der Waals surface area contributed by atoms with Gasteiger partial charge in [0.2, 0.25) is 0 Å². The number of nitrogens with zero attached hydrogens (tertiary/aromatic N) is 1. The quantitative estimate of drug-likeness (QED) is 0.785. The molecule has 0 heterocycles. The van der Waals surface area contributed by atoms with Crippen molar-refractivity contribution in [3.63, 3.8) is 0 Å². The molecule has 1 rings (SSSR count). The molecule has 0 fully saturated rings. The predicted molar refractivity (Wildman–Crippen MR) is 85.3 cm³/mol. The van der Waals surface area contributed by atoms with Gasteiger partial charge in [0.05, 0.1) is 5.54 Å². The summed E-state index contributed by atoms with van der Waals surface area (Å²) >= 11 is 3.35. The van der Waals surface area contributed by atoms with Crippen LogP contribution >= 0.6 is 15.9 Å². The molecule has 1 aromatic rings. The van der Waals surface area contributed by atoms with E-state index < -0.39 is 11.6 Å². The Kier molecular flexibility index (Phi) is 6.62. The number of hydrogen-bond donors (Lipinski definition) is 1. The van der Waals surface area contributed by atoms with Crippen LogP contribution in [0.1, 0.15) is 52.2 Å². The molecule has 0 aliphatic heterocycles. The molecule has 0 aliphatic rings.